The highest BCUT2D eigenvalue weighted by Crippen LogP contribution is 2.31. The Morgan fingerprint density at radius 1 is 1.20 bits per heavy atom. The number of carbonyl (C=O) groups excluding carboxylic acids is 1. The zero-order chi connectivity index (χ0) is 20.1. The minimum atomic E-state index is 0. The van der Waals surface area contributed by atoms with Gasteiger partial charge in [-0.1, -0.05) is 41.7 Å². The van der Waals surface area contributed by atoms with E-state index in [-0.39, 0.29) is 18.3 Å². The summed E-state index contributed by atoms with van der Waals surface area (Å²) in [4.78, 5) is 22.1. The zero-order valence-corrected chi connectivity index (χ0v) is 18.6. The molecule has 3 aromatic rings. The first kappa shape index (κ1) is 22.5. The van der Waals surface area contributed by atoms with Crippen molar-refractivity contribution in [3.05, 3.63) is 54.1 Å². The summed E-state index contributed by atoms with van der Waals surface area (Å²) in [6.07, 6.45) is 0.364. The molecule has 1 fully saturated rings. The number of methoxy groups -OCH3 is 1. The Balaban J connectivity index is 0.00000256. The van der Waals surface area contributed by atoms with Gasteiger partial charge in [-0.25, -0.2) is 4.98 Å². The zero-order valence-electron chi connectivity index (χ0n) is 17.0. The predicted octanol–water partition coefficient (Wildman–Crippen LogP) is 3.63. The number of thiazole rings is 1. The first-order valence-corrected chi connectivity index (χ1v) is 10.6. The van der Waals surface area contributed by atoms with Crippen LogP contribution in [-0.4, -0.2) is 62.3 Å². The summed E-state index contributed by atoms with van der Waals surface area (Å²) in [5.74, 6) is 0.860. The van der Waals surface area contributed by atoms with Crippen LogP contribution in [0.5, 0.6) is 5.75 Å². The molecular formula is C22H26ClN3O3S. The van der Waals surface area contributed by atoms with E-state index in [9.17, 15) is 4.79 Å². The standard InChI is InChI=1S/C22H25N3O3S.ClH/c1-27-18-7-8-19-20(16-18)29-22(23-19)25(10-9-24-11-13-28-14-12-24)21(26)15-17-5-3-2-4-6-17;/h2-8,16H,9-15H2,1H3;1H. The van der Waals surface area contributed by atoms with Crippen LogP contribution in [0.3, 0.4) is 0 Å². The number of morpholine rings is 1. The van der Waals surface area contributed by atoms with E-state index in [0.717, 1.165) is 59.5 Å². The molecule has 1 aromatic heterocycles. The molecule has 6 nitrogen and oxygen atoms in total. The summed E-state index contributed by atoms with van der Waals surface area (Å²) in [5.41, 5.74) is 1.89. The van der Waals surface area contributed by atoms with Crippen LogP contribution in [0.15, 0.2) is 48.5 Å². The molecule has 30 heavy (non-hydrogen) atoms. The van der Waals surface area contributed by atoms with Gasteiger partial charge in [0, 0.05) is 26.2 Å². The highest BCUT2D eigenvalue weighted by Gasteiger charge is 2.22. The van der Waals surface area contributed by atoms with Gasteiger partial charge < -0.3 is 9.47 Å². The van der Waals surface area contributed by atoms with Crippen LogP contribution in [0.25, 0.3) is 10.2 Å². The average molecular weight is 448 g/mol. The van der Waals surface area contributed by atoms with Crippen molar-refractivity contribution >= 4 is 45.0 Å². The lowest BCUT2D eigenvalue weighted by Crippen LogP contribution is -2.43. The van der Waals surface area contributed by atoms with Gasteiger partial charge in [-0.05, 0) is 23.8 Å². The monoisotopic (exact) mass is 447 g/mol. The number of anilines is 1. The molecule has 4 rings (SSSR count). The van der Waals surface area contributed by atoms with Gasteiger partial charge in [-0.15, -0.1) is 12.4 Å². The van der Waals surface area contributed by atoms with Crippen LogP contribution in [0.2, 0.25) is 0 Å². The second-order valence-corrected chi connectivity index (χ2v) is 8.00. The molecule has 1 aliphatic rings. The van der Waals surface area contributed by atoms with Crippen molar-refractivity contribution in [3.63, 3.8) is 0 Å². The number of hydrogen-bond donors (Lipinski definition) is 0. The number of carbonyl (C=O) groups is 1. The van der Waals surface area contributed by atoms with Crippen molar-refractivity contribution < 1.29 is 14.3 Å². The Morgan fingerprint density at radius 2 is 1.97 bits per heavy atom. The van der Waals surface area contributed by atoms with Crippen molar-refractivity contribution in [1.82, 2.24) is 9.88 Å². The van der Waals surface area contributed by atoms with Gasteiger partial charge in [-0.2, -0.15) is 0 Å². The molecule has 0 unspecified atom stereocenters. The number of rotatable bonds is 7. The second-order valence-electron chi connectivity index (χ2n) is 6.99. The summed E-state index contributed by atoms with van der Waals surface area (Å²) in [6, 6.07) is 15.7. The summed E-state index contributed by atoms with van der Waals surface area (Å²) >= 11 is 1.53. The van der Waals surface area contributed by atoms with Gasteiger partial charge in [-0.3, -0.25) is 14.6 Å². The van der Waals surface area contributed by atoms with Crippen LogP contribution in [0.4, 0.5) is 5.13 Å². The van der Waals surface area contributed by atoms with Gasteiger partial charge in [0.25, 0.3) is 0 Å². The van der Waals surface area contributed by atoms with Crippen molar-refractivity contribution in [2.45, 2.75) is 6.42 Å². The van der Waals surface area contributed by atoms with Gasteiger partial charge in [0.1, 0.15) is 5.75 Å². The van der Waals surface area contributed by atoms with E-state index in [4.69, 9.17) is 14.5 Å². The fourth-order valence-electron chi connectivity index (χ4n) is 3.39. The van der Waals surface area contributed by atoms with Gasteiger partial charge >= 0.3 is 0 Å². The SMILES string of the molecule is COc1ccc2nc(N(CCN3CCOCC3)C(=O)Cc3ccccc3)sc2c1.Cl. The summed E-state index contributed by atoms with van der Waals surface area (Å²) in [5, 5.41) is 0.738. The third-order valence-electron chi connectivity index (χ3n) is 5.06. The van der Waals surface area contributed by atoms with E-state index < -0.39 is 0 Å². The molecule has 1 amide bonds. The smallest absolute Gasteiger partial charge is 0.233 e. The second kappa shape index (κ2) is 10.7. The molecule has 2 heterocycles. The largest absolute Gasteiger partial charge is 0.497 e. The fraction of sp³-hybridized carbons (Fsp3) is 0.364. The van der Waals surface area contributed by atoms with Crippen molar-refractivity contribution in [2.24, 2.45) is 0 Å². The Hall–Kier alpha value is -2.19. The molecule has 1 aliphatic heterocycles. The Morgan fingerprint density at radius 3 is 2.70 bits per heavy atom. The summed E-state index contributed by atoms with van der Waals surface area (Å²) in [6.45, 7) is 4.72. The van der Waals surface area contributed by atoms with Crippen LogP contribution < -0.4 is 9.64 Å². The minimum absolute atomic E-state index is 0. The Labute approximate surface area is 186 Å². The lowest BCUT2D eigenvalue weighted by molar-refractivity contribution is -0.118. The number of amides is 1. The maximum Gasteiger partial charge on any atom is 0.233 e. The molecule has 0 spiro atoms. The molecule has 8 heteroatoms. The lowest BCUT2D eigenvalue weighted by Gasteiger charge is -2.29. The number of benzene rings is 2. The topological polar surface area (TPSA) is 54.9 Å². The first-order chi connectivity index (χ1) is 14.2. The van der Waals surface area contributed by atoms with E-state index >= 15 is 0 Å². The number of hydrogen-bond acceptors (Lipinski definition) is 6. The minimum Gasteiger partial charge on any atom is -0.497 e. The number of fused-ring (bicyclic) bond motifs is 1. The maximum absolute atomic E-state index is 13.2. The van der Waals surface area contributed by atoms with E-state index in [1.807, 2.05) is 53.4 Å². The highest BCUT2D eigenvalue weighted by atomic mass is 35.5. The molecule has 0 N–H and O–H groups in total. The van der Waals surface area contributed by atoms with Gasteiger partial charge in [0.2, 0.25) is 5.91 Å². The van der Waals surface area contributed by atoms with E-state index in [1.54, 1.807) is 7.11 Å². The third kappa shape index (κ3) is 5.49. The fourth-order valence-corrected chi connectivity index (χ4v) is 4.43. The van der Waals surface area contributed by atoms with Gasteiger partial charge in [0.05, 0.1) is 37.0 Å². The van der Waals surface area contributed by atoms with Gasteiger partial charge in [0.15, 0.2) is 5.13 Å². The maximum atomic E-state index is 13.2. The number of ether oxygens (including phenoxy) is 2. The normalized spacial score (nSPS) is 14.3. The van der Waals surface area contributed by atoms with Crippen molar-refractivity contribution in [1.29, 1.82) is 0 Å². The van der Waals surface area contributed by atoms with E-state index in [1.165, 1.54) is 11.3 Å². The molecule has 2 aromatic carbocycles. The van der Waals surface area contributed by atoms with Crippen molar-refractivity contribution in [3.8, 4) is 5.75 Å². The third-order valence-corrected chi connectivity index (χ3v) is 6.10. The van der Waals surface area contributed by atoms with Crippen LogP contribution >= 0.6 is 23.7 Å². The van der Waals surface area contributed by atoms with Crippen LogP contribution in [0, 0.1) is 0 Å². The molecule has 0 atom stereocenters. The summed E-state index contributed by atoms with van der Waals surface area (Å²) < 4.78 is 11.8. The van der Waals surface area contributed by atoms with E-state index in [2.05, 4.69) is 4.90 Å². The molecule has 0 radical (unpaired) electrons. The molecule has 0 bridgehead atoms. The van der Waals surface area contributed by atoms with Crippen molar-refractivity contribution in [2.75, 3.05) is 51.4 Å². The number of nitrogens with zero attached hydrogens (tertiary/aromatic N) is 3. The molecule has 1 saturated heterocycles. The molecule has 0 saturated carbocycles. The first-order valence-electron chi connectivity index (χ1n) is 9.82. The molecule has 160 valence electrons. The molecular weight excluding hydrogens is 422 g/mol. The number of aromatic nitrogens is 1. The predicted molar refractivity (Wildman–Crippen MR) is 123 cm³/mol. The Kier molecular flexibility index (Phi) is 8.04. The van der Waals surface area contributed by atoms with Crippen LogP contribution in [-0.2, 0) is 16.0 Å². The van der Waals surface area contributed by atoms with E-state index in [0.29, 0.717) is 13.0 Å². The number of halogens is 1. The highest BCUT2D eigenvalue weighted by molar-refractivity contribution is 7.22. The quantitative estimate of drug-likeness (QED) is 0.553. The van der Waals surface area contributed by atoms with Crippen LogP contribution in [0.1, 0.15) is 5.56 Å². The molecule has 0 aliphatic carbocycles. The summed E-state index contributed by atoms with van der Waals surface area (Å²) in [7, 11) is 1.65. The Bertz CT molecular complexity index is 961. The lowest BCUT2D eigenvalue weighted by atomic mass is 10.1. The average Bonchev–Trinajstić information content (AvgIpc) is 3.18.